The van der Waals surface area contributed by atoms with Crippen LogP contribution < -0.4 is 10.1 Å². The van der Waals surface area contributed by atoms with Gasteiger partial charge in [0.1, 0.15) is 11.8 Å². The maximum atomic E-state index is 13.3. The fourth-order valence-corrected chi connectivity index (χ4v) is 3.74. The van der Waals surface area contributed by atoms with Crippen LogP contribution in [-0.2, 0) is 22.6 Å². The predicted molar refractivity (Wildman–Crippen MR) is 127 cm³/mol. The van der Waals surface area contributed by atoms with E-state index in [1.54, 1.807) is 43.4 Å². The lowest BCUT2D eigenvalue weighted by molar-refractivity contribution is -0.142. The molecule has 3 rings (SSSR count). The number of rotatable bonds is 9. The van der Waals surface area contributed by atoms with Gasteiger partial charge in [-0.3, -0.25) is 9.59 Å². The fraction of sp³-hybridized carbons (Fsp3) is 0.200. The van der Waals surface area contributed by atoms with Gasteiger partial charge in [0.2, 0.25) is 5.91 Å². The third kappa shape index (κ3) is 6.49. The number of halogens is 2. The summed E-state index contributed by atoms with van der Waals surface area (Å²) >= 11 is 12.3. The van der Waals surface area contributed by atoms with Crippen molar-refractivity contribution in [1.82, 2.24) is 10.2 Å². The molecular formula is C25H24Cl2N2O3. The van der Waals surface area contributed by atoms with Crippen molar-refractivity contribution in [3.8, 4) is 5.75 Å². The minimum atomic E-state index is -0.733. The van der Waals surface area contributed by atoms with E-state index in [0.717, 1.165) is 11.1 Å². The Morgan fingerprint density at radius 3 is 2.31 bits per heavy atom. The van der Waals surface area contributed by atoms with Crippen LogP contribution in [0.2, 0.25) is 10.0 Å². The van der Waals surface area contributed by atoms with E-state index < -0.39 is 6.04 Å². The molecule has 1 atom stereocenters. The Kier molecular flexibility index (Phi) is 8.54. The molecule has 3 aromatic carbocycles. The van der Waals surface area contributed by atoms with Gasteiger partial charge in [0, 0.05) is 25.0 Å². The van der Waals surface area contributed by atoms with Crippen molar-refractivity contribution in [3.63, 3.8) is 0 Å². The van der Waals surface area contributed by atoms with Crippen LogP contribution in [0.1, 0.15) is 11.1 Å². The quantitative estimate of drug-likeness (QED) is 0.490. The van der Waals surface area contributed by atoms with E-state index in [9.17, 15) is 9.59 Å². The first-order chi connectivity index (χ1) is 15.5. The second kappa shape index (κ2) is 11.6. The summed E-state index contributed by atoms with van der Waals surface area (Å²) in [5, 5.41) is 3.65. The number of nitrogens with one attached hydrogen (secondary N) is 1. The molecule has 0 aliphatic rings. The summed E-state index contributed by atoms with van der Waals surface area (Å²) in [4.78, 5) is 27.7. The Morgan fingerprint density at radius 2 is 1.62 bits per heavy atom. The maximum Gasteiger partial charge on any atom is 0.261 e. The number of nitrogens with zero attached hydrogens (tertiary/aromatic N) is 1. The molecule has 0 saturated carbocycles. The Morgan fingerprint density at radius 1 is 0.938 bits per heavy atom. The van der Waals surface area contributed by atoms with Crippen molar-refractivity contribution in [1.29, 1.82) is 0 Å². The molecule has 0 bridgehead atoms. The summed E-state index contributed by atoms with van der Waals surface area (Å²) in [5.74, 6) is -0.193. The lowest BCUT2D eigenvalue weighted by Gasteiger charge is -2.31. The van der Waals surface area contributed by atoms with Crippen LogP contribution in [0.3, 0.4) is 0 Å². The molecule has 0 radical (unpaired) electrons. The number of carbonyl (C=O) groups is 2. The Labute approximate surface area is 197 Å². The van der Waals surface area contributed by atoms with Gasteiger partial charge in [-0.25, -0.2) is 0 Å². The number of para-hydroxylation sites is 1. The molecule has 166 valence electrons. The molecule has 0 spiro atoms. The zero-order valence-electron chi connectivity index (χ0n) is 17.6. The second-order valence-corrected chi connectivity index (χ2v) is 8.03. The zero-order valence-corrected chi connectivity index (χ0v) is 19.1. The summed E-state index contributed by atoms with van der Waals surface area (Å²) in [6.45, 7) is -0.0528. The van der Waals surface area contributed by atoms with Crippen molar-refractivity contribution in [3.05, 3.63) is 100 Å². The van der Waals surface area contributed by atoms with Gasteiger partial charge >= 0.3 is 0 Å². The van der Waals surface area contributed by atoms with Crippen molar-refractivity contribution < 1.29 is 14.3 Å². The van der Waals surface area contributed by atoms with Crippen molar-refractivity contribution in [2.75, 3.05) is 13.7 Å². The summed E-state index contributed by atoms with van der Waals surface area (Å²) in [5.41, 5.74) is 1.75. The molecule has 0 aliphatic heterocycles. The Bertz CT molecular complexity index is 1060. The average Bonchev–Trinajstić information content (AvgIpc) is 2.81. The fourth-order valence-electron chi connectivity index (χ4n) is 3.34. The molecule has 0 heterocycles. The molecule has 32 heavy (non-hydrogen) atoms. The molecule has 0 aromatic heterocycles. The maximum absolute atomic E-state index is 13.3. The highest BCUT2D eigenvalue weighted by Crippen LogP contribution is 2.24. The van der Waals surface area contributed by atoms with Gasteiger partial charge in [0.15, 0.2) is 6.61 Å². The first-order valence-corrected chi connectivity index (χ1v) is 10.9. The highest BCUT2D eigenvalue weighted by Gasteiger charge is 2.30. The van der Waals surface area contributed by atoms with Crippen LogP contribution in [0.15, 0.2) is 78.9 Å². The molecule has 0 saturated heterocycles. The molecule has 0 fully saturated rings. The molecule has 0 unspecified atom stereocenters. The minimum absolute atomic E-state index is 0.205. The third-order valence-corrected chi connectivity index (χ3v) is 5.49. The van der Waals surface area contributed by atoms with Gasteiger partial charge in [0.05, 0.1) is 5.02 Å². The predicted octanol–water partition coefficient (Wildman–Crippen LogP) is 4.76. The molecule has 3 aromatic rings. The van der Waals surface area contributed by atoms with Crippen LogP contribution >= 0.6 is 23.2 Å². The number of hydrogen-bond donors (Lipinski definition) is 1. The molecule has 7 heteroatoms. The van der Waals surface area contributed by atoms with Crippen molar-refractivity contribution >= 4 is 35.0 Å². The van der Waals surface area contributed by atoms with E-state index in [4.69, 9.17) is 27.9 Å². The standard InChI is InChI=1S/C25H24Cl2N2O3/c1-28-25(31)22(15-18-8-3-2-4-9-18)29(16-19-10-7-11-20(26)14-19)24(30)17-32-23-13-6-5-12-21(23)27/h2-14,22H,15-17H2,1H3,(H,28,31)/t22-/m0/s1. The monoisotopic (exact) mass is 470 g/mol. The third-order valence-electron chi connectivity index (χ3n) is 4.95. The van der Waals surface area contributed by atoms with Gasteiger partial charge in [-0.15, -0.1) is 0 Å². The summed E-state index contributed by atoms with van der Waals surface area (Å²) in [7, 11) is 1.56. The molecule has 0 aliphatic carbocycles. The van der Waals surface area contributed by atoms with Gasteiger partial charge in [0.25, 0.3) is 5.91 Å². The zero-order chi connectivity index (χ0) is 22.9. The van der Waals surface area contributed by atoms with Gasteiger partial charge in [-0.05, 0) is 35.4 Å². The number of ether oxygens (including phenoxy) is 1. The highest BCUT2D eigenvalue weighted by molar-refractivity contribution is 6.32. The van der Waals surface area contributed by atoms with Crippen LogP contribution in [-0.4, -0.2) is 36.4 Å². The molecule has 2 amide bonds. The average molecular weight is 471 g/mol. The first-order valence-electron chi connectivity index (χ1n) is 10.1. The van der Waals surface area contributed by atoms with E-state index in [1.807, 2.05) is 42.5 Å². The normalized spacial score (nSPS) is 11.5. The summed E-state index contributed by atoms with van der Waals surface area (Å²) < 4.78 is 5.67. The molecular weight excluding hydrogens is 447 g/mol. The number of carbonyl (C=O) groups excluding carboxylic acids is 2. The topological polar surface area (TPSA) is 58.6 Å². The number of hydrogen-bond acceptors (Lipinski definition) is 3. The van der Waals surface area contributed by atoms with E-state index in [2.05, 4.69) is 5.32 Å². The van der Waals surface area contributed by atoms with Gasteiger partial charge in [-0.1, -0.05) is 77.8 Å². The number of amides is 2. The van der Waals surface area contributed by atoms with Crippen LogP contribution in [0.4, 0.5) is 0 Å². The van der Waals surface area contributed by atoms with E-state index in [-0.39, 0.29) is 25.0 Å². The molecule has 1 N–H and O–H groups in total. The van der Waals surface area contributed by atoms with Crippen LogP contribution in [0.5, 0.6) is 5.75 Å². The van der Waals surface area contributed by atoms with Gasteiger partial charge < -0.3 is 15.0 Å². The first kappa shape index (κ1) is 23.6. The van der Waals surface area contributed by atoms with E-state index in [1.165, 1.54) is 4.90 Å². The van der Waals surface area contributed by atoms with Crippen LogP contribution in [0, 0.1) is 0 Å². The Hall–Kier alpha value is -3.02. The summed E-state index contributed by atoms with van der Waals surface area (Å²) in [6, 6.07) is 23.0. The SMILES string of the molecule is CNC(=O)[C@H](Cc1ccccc1)N(Cc1cccc(Cl)c1)C(=O)COc1ccccc1Cl. The van der Waals surface area contributed by atoms with E-state index in [0.29, 0.717) is 22.2 Å². The Balaban J connectivity index is 1.88. The number of benzene rings is 3. The van der Waals surface area contributed by atoms with Gasteiger partial charge in [-0.2, -0.15) is 0 Å². The number of likely N-dealkylation sites (N-methyl/N-ethyl adjacent to an activating group) is 1. The van der Waals surface area contributed by atoms with E-state index >= 15 is 0 Å². The largest absolute Gasteiger partial charge is 0.482 e. The molecule has 5 nitrogen and oxygen atoms in total. The second-order valence-electron chi connectivity index (χ2n) is 7.19. The van der Waals surface area contributed by atoms with Crippen molar-refractivity contribution in [2.45, 2.75) is 19.0 Å². The smallest absolute Gasteiger partial charge is 0.261 e. The van der Waals surface area contributed by atoms with Crippen molar-refractivity contribution in [2.24, 2.45) is 0 Å². The summed E-state index contributed by atoms with van der Waals surface area (Å²) in [6.07, 6.45) is 0.360. The minimum Gasteiger partial charge on any atom is -0.482 e. The van der Waals surface area contributed by atoms with Crippen LogP contribution in [0.25, 0.3) is 0 Å². The highest BCUT2D eigenvalue weighted by atomic mass is 35.5. The lowest BCUT2D eigenvalue weighted by Crippen LogP contribution is -2.51. The lowest BCUT2D eigenvalue weighted by atomic mass is 10.0.